The van der Waals surface area contributed by atoms with E-state index < -0.39 is 31.0 Å². The smallest absolute Gasteiger partial charge is 0.345 e. The first-order valence-electron chi connectivity index (χ1n) is 7.47. The highest BCUT2D eigenvalue weighted by atomic mass is 32.2. The fourth-order valence-corrected chi connectivity index (χ4v) is 3.01. The molecular formula is C16H19F3N2O2S. The summed E-state index contributed by atoms with van der Waals surface area (Å²) in [5.41, 5.74) is 0.700. The average Bonchev–Trinajstić information content (AvgIpc) is 2.93. The lowest BCUT2D eigenvalue weighted by Crippen LogP contribution is -2.36. The van der Waals surface area contributed by atoms with Crippen molar-refractivity contribution in [2.45, 2.75) is 23.9 Å². The van der Waals surface area contributed by atoms with E-state index in [1.54, 1.807) is 11.8 Å². The highest BCUT2D eigenvalue weighted by Crippen LogP contribution is 2.28. The Hall–Kier alpha value is -1.70. The quantitative estimate of drug-likeness (QED) is 0.758. The lowest BCUT2D eigenvalue weighted by atomic mass is 10.1. The summed E-state index contributed by atoms with van der Waals surface area (Å²) in [6, 6.07) is 7.39. The van der Waals surface area contributed by atoms with Crippen molar-refractivity contribution in [3.05, 3.63) is 24.3 Å². The molecule has 132 valence electrons. The average molecular weight is 360 g/mol. The van der Waals surface area contributed by atoms with E-state index in [2.05, 4.69) is 0 Å². The minimum Gasteiger partial charge on any atom is -0.345 e. The highest BCUT2D eigenvalue weighted by Gasteiger charge is 2.37. The second-order valence-corrected chi connectivity index (χ2v) is 6.61. The number of thioether (sulfide) groups is 1. The van der Waals surface area contributed by atoms with Crippen LogP contribution in [-0.4, -0.2) is 49.3 Å². The molecule has 1 fully saturated rings. The summed E-state index contributed by atoms with van der Waals surface area (Å²) in [5, 5.41) is 0. The summed E-state index contributed by atoms with van der Waals surface area (Å²) in [4.78, 5) is 28.1. The fraction of sp³-hybridized carbons (Fsp3) is 0.500. The van der Waals surface area contributed by atoms with Gasteiger partial charge in [0.25, 0.3) is 0 Å². The van der Waals surface area contributed by atoms with Crippen molar-refractivity contribution < 1.29 is 22.8 Å². The van der Waals surface area contributed by atoms with Crippen LogP contribution < -0.4 is 4.90 Å². The Morgan fingerprint density at radius 3 is 2.50 bits per heavy atom. The van der Waals surface area contributed by atoms with Crippen molar-refractivity contribution in [1.82, 2.24) is 4.90 Å². The maximum atomic E-state index is 12.3. The molecule has 0 N–H and O–H groups in total. The van der Waals surface area contributed by atoms with Gasteiger partial charge in [-0.05, 0) is 30.5 Å². The molecule has 1 aromatic rings. The minimum absolute atomic E-state index is 0.0273. The van der Waals surface area contributed by atoms with Gasteiger partial charge in [-0.15, -0.1) is 11.8 Å². The molecule has 0 spiro atoms. The molecule has 8 heteroatoms. The Labute approximate surface area is 143 Å². The third-order valence-electron chi connectivity index (χ3n) is 3.97. The van der Waals surface area contributed by atoms with E-state index in [-0.39, 0.29) is 18.9 Å². The number of halogens is 3. The van der Waals surface area contributed by atoms with Crippen LogP contribution in [-0.2, 0) is 9.59 Å². The normalized spacial score (nSPS) is 18.1. The second kappa shape index (κ2) is 7.46. The van der Waals surface area contributed by atoms with Crippen molar-refractivity contribution in [2.24, 2.45) is 5.92 Å². The summed E-state index contributed by atoms with van der Waals surface area (Å²) >= 11 is 1.58. The van der Waals surface area contributed by atoms with Gasteiger partial charge in [0.05, 0.1) is 12.3 Å². The summed E-state index contributed by atoms with van der Waals surface area (Å²) in [6.07, 6.45) is -3.37. The molecule has 1 atom stereocenters. The van der Waals surface area contributed by atoms with Crippen LogP contribution in [0.15, 0.2) is 29.2 Å². The lowest BCUT2D eigenvalue weighted by molar-refractivity contribution is -0.146. The maximum absolute atomic E-state index is 12.3. The van der Waals surface area contributed by atoms with Crippen LogP contribution in [0.4, 0.5) is 18.9 Å². The van der Waals surface area contributed by atoms with E-state index in [1.165, 1.54) is 11.9 Å². The van der Waals surface area contributed by atoms with Crippen LogP contribution >= 0.6 is 11.8 Å². The molecule has 0 aromatic heterocycles. The first-order chi connectivity index (χ1) is 11.2. The van der Waals surface area contributed by atoms with Gasteiger partial charge in [-0.1, -0.05) is 0 Å². The molecule has 1 aliphatic heterocycles. The third kappa shape index (κ3) is 4.66. The van der Waals surface area contributed by atoms with Crippen molar-refractivity contribution in [2.75, 3.05) is 31.3 Å². The van der Waals surface area contributed by atoms with Crippen LogP contribution in [0.25, 0.3) is 0 Å². The molecule has 1 unspecified atom stereocenters. The van der Waals surface area contributed by atoms with Gasteiger partial charge in [-0.3, -0.25) is 9.59 Å². The van der Waals surface area contributed by atoms with Crippen molar-refractivity contribution >= 4 is 29.3 Å². The molecule has 1 heterocycles. The van der Waals surface area contributed by atoms with Gasteiger partial charge in [-0.25, -0.2) is 0 Å². The zero-order valence-electron chi connectivity index (χ0n) is 13.5. The van der Waals surface area contributed by atoms with Crippen molar-refractivity contribution in [1.29, 1.82) is 0 Å². The van der Waals surface area contributed by atoms with Gasteiger partial charge in [0.2, 0.25) is 11.8 Å². The van der Waals surface area contributed by atoms with Crippen LogP contribution in [0, 0.1) is 5.92 Å². The first-order valence-corrected chi connectivity index (χ1v) is 8.70. The largest absolute Gasteiger partial charge is 0.390 e. The molecule has 0 saturated carbocycles. The SMILES string of the molecule is CSc1ccc(N2CC(C(=O)N(C)CCC(F)(F)F)CC2=O)cc1. The number of alkyl halides is 3. The summed E-state index contributed by atoms with van der Waals surface area (Å²) in [7, 11) is 1.34. The monoisotopic (exact) mass is 360 g/mol. The number of hydrogen-bond donors (Lipinski definition) is 0. The zero-order valence-corrected chi connectivity index (χ0v) is 14.3. The van der Waals surface area contributed by atoms with Gasteiger partial charge in [-0.2, -0.15) is 13.2 Å². The molecular weight excluding hydrogens is 341 g/mol. The predicted octanol–water partition coefficient (Wildman–Crippen LogP) is 3.17. The predicted molar refractivity (Wildman–Crippen MR) is 87.0 cm³/mol. The fourth-order valence-electron chi connectivity index (χ4n) is 2.60. The van der Waals surface area contributed by atoms with Gasteiger partial charge < -0.3 is 9.80 Å². The number of carbonyl (C=O) groups is 2. The molecule has 24 heavy (non-hydrogen) atoms. The minimum atomic E-state index is -4.30. The standard InChI is InChI=1S/C16H19F3N2O2S/c1-20(8-7-16(17,18)19)15(23)11-9-14(22)21(10-11)12-3-5-13(24-2)6-4-12/h3-6,11H,7-10H2,1-2H3. The summed E-state index contributed by atoms with van der Waals surface area (Å²) in [5.74, 6) is -1.21. The number of benzene rings is 1. The van der Waals surface area contributed by atoms with Crippen LogP contribution in [0.5, 0.6) is 0 Å². The van der Waals surface area contributed by atoms with E-state index in [1.807, 2.05) is 30.5 Å². The topological polar surface area (TPSA) is 40.6 Å². The molecule has 1 saturated heterocycles. The third-order valence-corrected chi connectivity index (χ3v) is 4.71. The van der Waals surface area contributed by atoms with E-state index in [4.69, 9.17) is 0 Å². The Kier molecular flexibility index (Phi) is 5.79. The number of rotatable bonds is 5. The number of nitrogens with zero attached hydrogens (tertiary/aromatic N) is 2. The Bertz CT molecular complexity index is 604. The molecule has 0 bridgehead atoms. The van der Waals surface area contributed by atoms with E-state index in [0.29, 0.717) is 5.69 Å². The number of amides is 2. The molecule has 1 aromatic carbocycles. The Morgan fingerprint density at radius 1 is 1.33 bits per heavy atom. The maximum Gasteiger partial charge on any atom is 0.390 e. The van der Waals surface area contributed by atoms with E-state index in [0.717, 1.165) is 9.80 Å². The number of anilines is 1. The molecule has 4 nitrogen and oxygen atoms in total. The lowest BCUT2D eigenvalue weighted by Gasteiger charge is -2.22. The first kappa shape index (κ1) is 18.6. The van der Waals surface area contributed by atoms with Crippen molar-refractivity contribution in [3.63, 3.8) is 0 Å². The molecule has 0 aliphatic carbocycles. The second-order valence-electron chi connectivity index (χ2n) is 5.73. The van der Waals surface area contributed by atoms with Crippen LogP contribution in [0.3, 0.4) is 0 Å². The Balaban J connectivity index is 1.99. The number of hydrogen-bond acceptors (Lipinski definition) is 3. The highest BCUT2D eigenvalue weighted by molar-refractivity contribution is 7.98. The van der Waals surface area contributed by atoms with Crippen molar-refractivity contribution in [3.8, 4) is 0 Å². The van der Waals surface area contributed by atoms with Gasteiger partial charge in [0.1, 0.15) is 0 Å². The van der Waals surface area contributed by atoms with Gasteiger partial charge >= 0.3 is 6.18 Å². The van der Waals surface area contributed by atoms with Crippen LogP contribution in [0.1, 0.15) is 12.8 Å². The Morgan fingerprint density at radius 2 is 1.96 bits per heavy atom. The van der Waals surface area contributed by atoms with Crippen LogP contribution in [0.2, 0.25) is 0 Å². The van der Waals surface area contributed by atoms with E-state index >= 15 is 0 Å². The van der Waals surface area contributed by atoms with Gasteiger partial charge in [0.15, 0.2) is 0 Å². The molecule has 2 amide bonds. The summed E-state index contributed by atoms with van der Waals surface area (Å²) in [6.45, 7) is -0.192. The zero-order chi connectivity index (χ0) is 17.9. The molecule has 1 aliphatic rings. The number of carbonyl (C=O) groups excluding carboxylic acids is 2. The van der Waals surface area contributed by atoms with Gasteiger partial charge in [0, 0.05) is 37.1 Å². The van der Waals surface area contributed by atoms with E-state index in [9.17, 15) is 22.8 Å². The molecule has 0 radical (unpaired) electrons. The summed E-state index contributed by atoms with van der Waals surface area (Å²) < 4.78 is 36.8. The molecule has 2 rings (SSSR count).